The maximum atomic E-state index is 14.8. The van der Waals surface area contributed by atoms with Gasteiger partial charge < -0.3 is 96.3 Å². The number of nitrogens with one attached hydrogen (secondary N) is 1. The second-order valence-corrected chi connectivity index (χ2v) is 20.6. The van der Waals surface area contributed by atoms with Crippen molar-refractivity contribution in [3.05, 3.63) is 29.8 Å². The number of rotatable bonds is 29. The van der Waals surface area contributed by atoms with Gasteiger partial charge >= 0.3 is 71.6 Å². The number of nitrogens with two attached hydrogens (primary N) is 1. The van der Waals surface area contributed by atoms with E-state index < -0.39 is 215 Å². The Morgan fingerprint density at radius 2 is 0.640 bits per heavy atom. The molecule has 3 aliphatic heterocycles. The summed E-state index contributed by atoms with van der Waals surface area (Å²) in [4.78, 5) is 167. The van der Waals surface area contributed by atoms with Crippen LogP contribution in [0.15, 0.2) is 24.3 Å². The molecule has 496 valence electrons. The molecule has 0 unspecified atom stereocenters. The standard InChI is InChI=1S/C56H76N2O31/c1-26(59)72-20-40-44(78-29(4)62)47(81-32(7)65)50(84-35(10)68)53(87-40)75-23-56(58-43(71)15-13-14-38-16-18-39(57)19-17-38,24-76-54-51(85-36(11)69)48(82-33(8)66)45(79-30(5)63)41(88-54)21-73-27(2)60)25-77-55-52(86-37(12)70)49(83-34(9)67)46(80-31(6)64)42(89-55)22-74-28(3)61/h16-19,40-42,44-55H,13-15,20-25,57H2,1-12H3,(H,58,71)/t40-,41-,42-,44+,45+,46+,47+,48+,49+,50-,51-,52-,53-,54-,55-/m1/s1. The van der Waals surface area contributed by atoms with Crippen LogP contribution in [0.4, 0.5) is 5.69 Å². The van der Waals surface area contributed by atoms with Gasteiger partial charge in [0.2, 0.25) is 5.91 Å². The summed E-state index contributed by atoms with van der Waals surface area (Å²) in [6.07, 6.45) is -27.1. The summed E-state index contributed by atoms with van der Waals surface area (Å²) >= 11 is 0. The molecular formula is C56H76N2O31. The van der Waals surface area contributed by atoms with E-state index >= 15 is 0 Å². The quantitative estimate of drug-likeness (QED) is 0.0593. The third kappa shape index (κ3) is 24.1. The average molecular weight is 1270 g/mol. The van der Waals surface area contributed by atoms with Gasteiger partial charge in [0.1, 0.15) is 43.7 Å². The van der Waals surface area contributed by atoms with Crippen molar-refractivity contribution in [2.45, 2.75) is 200 Å². The molecular weight excluding hydrogens is 1200 g/mol. The molecule has 0 spiro atoms. The molecule has 0 aliphatic carbocycles. The zero-order valence-corrected chi connectivity index (χ0v) is 51.1. The minimum absolute atomic E-state index is 0.119. The molecule has 4 rings (SSSR count). The molecule has 0 aromatic heterocycles. The van der Waals surface area contributed by atoms with E-state index in [-0.39, 0.29) is 19.3 Å². The number of carbonyl (C=O) groups is 13. The SMILES string of the molecule is CC(=O)OC[C@H]1O[C@@H](OCC(CO[C@@H]2O[C@H](COC(C)=O)[C@H](OC(C)=O)[C@H](OC(C)=O)[C@H]2OC(C)=O)(CO[C@@H]2O[C@H](COC(C)=O)[C@H](OC(C)=O)[C@H](OC(C)=O)[C@H]2OC(C)=O)NC(=O)CCCc2ccc(N)cc2)[C@H](OC(C)=O)[C@@H](OC(C)=O)[C@H]1OC(C)=O. The van der Waals surface area contributed by atoms with Crippen molar-refractivity contribution in [2.24, 2.45) is 0 Å². The summed E-state index contributed by atoms with van der Waals surface area (Å²) < 4.78 is 104. The first-order valence-corrected chi connectivity index (χ1v) is 27.7. The van der Waals surface area contributed by atoms with Gasteiger partial charge in [0, 0.05) is 95.2 Å². The van der Waals surface area contributed by atoms with Gasteiger partial charge in [0.05, 0.1) is 19.8 Å². The number of benzene rings is 1. The molecule has 3 saturated heterocycles. The van der Waals surface area contributed by atoms with E-state index in [9.17, 15) is 62.3 Å². The van der Waals surface area contributed by atoms with Crippen LogP contribution in [0.25, 0.3) is 0 Å². The summed E-state index contributed by atoms with van der Waals surface area (Å²) in [5.41, 5.74) is 4.72. The molecule has 0 bridgehead atoms. The van der Waals surface area contributed by atoms with Crippen LogP contribution in [-0.4, -0.2) is 215 Å². The van der Waals surface area contributed by atoms with E-state index in [2.05, 4.69) is 5.32 Å². The van der Waals surface area contributed by atoms with Crippen LogP contribution >= 0.6 is 0 Å². The Morgan fingerprint density at radius 1 is 0.382 bits per heavy atom. The van der Waals surface area contributed by atoms with E-state index in [1.807, 2.05) is 0 Å². The lowest BCUT2D eigenvalue weighted by Gasteiger charge is -2.47. The van der Waals surface area contributed by atoms with Crippen LogP contribution in [0, 0.1) is 0 Å². The number of anilines is 1. The highest BCUT2D eigenvalue weighted by molar-refractivity contribution is 5.77. The van der Waals surface area contributed by atoms with Gasteiger partial charge in [-0.15, -0.1) is 0 Å². The zero-order chi connectivity index (χ0) is 66.4. The Bertz CT molecular complexity index is 2450. The van der Waals surface area contributed by atoms with Crippen molar-refractivity contribution in [1.82, 2.24) is 5.32 Å². The molecule has 1 aromatic carbocycles. The van der Waals surface area contributed by atoms with Gasteiger partial charge in [0.25, 0.3) is 0 Å². The highest BCUT2D eigenvalue weighted by Gasteiger charge is 2.57. The highest BCUT2D eigenvalue weighted by Crippen LogP contribution is 2.35. The summed E-state index contributed by atoms with van der Waals surface area (Å²) in [5, 5.41) is 2.80. The second kappa shape index (κ2) is 34.6. The predicted octanol–water partition coefficient (Wildman–Crippen LogP) is -0.254. The Morgan fingerprint density at radius 3 is 0.899 bits per heavy atom. The van der Waals surface area contributed by atoms with Gasteiger partial charge in [-0.05, 0) is 30.5 Å². The van der Waals surface area contributed by atoms with Crippen molar-refractivity contribution in [2.75, 3.05) is 45.4 Å². The third-order valence-electron chi connectivity index (χ3n) is 12.7. The summed E-state index contributed by atoms with van der Waals surface area (Å²) in [6.45, 7) is 6.49. The molecule has 0 radical (unpaired) electrons. The Labute approximate surface area is 510 Å². The van der Waals surface area contributed by atoms with Gasteiger partial charge in [-0.1, -0.05) is 12.1 Å². The number of aryl methyl sites for hydroxylation is 1. The van der Waals surface area contributed by atoms with Crippen LogP contribution in [0.1, 0.15) is 101 Å². The zero-order valence-electron chi connectivity index (χ0n) is 51.1. The maximum absolute atomic E-state index is 14.8. The molecule has 1 amide bonds. The lowest BCUT2D eigenvalue weighted by atomic mass is 9.96. The number of esters is 12. The predicted molar refractivity (Wildman–Crippen MR) is 288 cm³/mol. The molecule has 3 fully saturated rings. The number of amides is 1. The first-order valence-electron chi connectivity index (χ1n) is 27.7. The average Bonchev–Trinajstić information content (AvgIpc) is 0.869. The molecule has 3 N–H and O–H groups in total. The van der Waals surface area contributed by atoms with E-state index in [0.29, 0.717) is 5.69 Å². The van der Waals surface area contributed by atoms with Gasteiger partial charge in [-0.3, -0.25) is 62.3 Å². The monoisotopic (exact) mass is 1270 g/mol. The van der Waals surface area contributed by atoms with Gasteiger partial charge in [-0.25, -0.2) is 0 Å². The molecule has 89 heavy (non-hydrogen) atoms. The van der Waals surface area contributed by atoms with E-state index in [0.717, 1.165) is 88.6 Å². The molecule has 3 heterocycles. The summed E-state index contributed by atoms with van der Waals surface area (Å²) in [5.74, 6) is -12.6. The minimum atomic E-state index is -2.39. The van der Waals surface area contributed by atoms with E-state index in [1.54, 1.807) is 24.3 Å². The first-order chi connectivity index (χ1) is 41.8. The van der Waals surface area contributed by atoms with Crippen LogP contribution in [0.5, 0.6) is 0 Å². The van der Waals surface area contributed by atoms with E-state index in [4.69, 9.17) is 91.0 Å². The largest absolute Gasteiger partial charge is 0.463 e. The molecule has 15 atom stereocenters. The van der Waals surface area contributed by atoms with Crippen molar-refractivity contribution in [1.29, 1.82) is 0 Å². The Hall–Kier alpha value is -8.11. The molecule has 0 saturated carbocycles. The minimum Gasteiger partial charge on any atom is -0.463 e. The smallest absolute Gasteiger partial charge is 0.303 e. The van der Waals surface area contributed by atoms with Crippen LogP contribution in [0.2, 0.25) is 0 Å². The van der Waals surface area contributed by atoms with Crippen LogP contribution < -0.4 is 11.1 Å². The fourth-order valence-electron chi connectivity index (χ4n) is 9.42. The normalized spacial score (nSPS) is 26.4. The van der Waals surface area contributed by atoms with Crippen molar-refractivity contribution < 1.29 is 148 Å². The summed E-state index contributed by atoms with van der Waals surface area (Å²) in [7, 11) is 0. The number of hydrogen-bond donors (Lipinski definition) is 2. The van der Waals surface area contributed by atoms with Crippen molar-refractivity contribution >= 4 is 83.2 Å². The highest BCUT2D eigenvalue weighted by atomic mass is 16.8. The fourth-order valence-corrected chi connectivity index (χ4v) is 9.42. The van der Waals surface area contributed by atoms with Crippen LogP contribution in [-0.2, 0) is 154 Å². The van der Waals surface area contributed by atoms with Gasteiger partial charge in [0.15, 0.2) is 73.8 Å². The number of hydrogen-bond acceptors (Lipinski definition) is 32. The Balaban J connectivity index is 2.06. The fraction of sp³-hybridized carbons (Fsp3) is 0.661. The molecule has 33 nitrogen and oxygen atoms in total. The van der Waals surface area contributed by atoms with Crippen molar-refractivity contribution in [3.63, 3.8) is 0 Å². The first kappa shape index (κ1) is 73.4. The number of nitrogen functional groups attached to an aromatic ring is 1. The topological polar surface area (TPSA) is 426 Å². The lowest BCUT2D eigenvalue weighted by Crippen LogP contribution is -2.67. The molecule has 3 aliphatic rings. The lowest BCUT2D eigenvalue weighted by molar-refractivity contribution is -0.328. The summed E-state index contributed by atoms with van der Waals surface area (Å²) in [6, 6.07) is 6.73. The van der Waals surface area contributed by atoms with Gasteiger partial charge in [-0.2, -0.15) is 0 Å². The van der Waals surface area contributed by atoms with Crippen molar-refractivity contribution in [3.8, 4) is 0 Å². The molecule has 33 heteroatoms. The van der Waals surface area contributed by atoms with E-state index in [1.165, 1.54) is 0 Å². The third-order valence-corrected chi connectivity index (χ3v) is 12.7. The number of ether oxygens (including phenoxy) is 18. The number of carbonyl (C=O) groups excluding carboxylic acids is 13. The molecule has 1 aromatic rings. The Kier molecular flexibility index (Phi) is 28.5. The second-order valence-electron chi connectivity index (χ2n) is 20.6. The van der Waals surface area contributed by atoms with Crippen LogP contribution in [0.3, 0.4) is 0 Å². The maximum Gasteiger partial charge on any atom is 0.303 e.